The van der Waals surface area contributed by atoms with Crippen molar-refractivity contribution in [1.29, 1.82) is 0 Å². The van der Waals surface area contributed by atoms with Gasteiger partial charge < -0.3 is 14.5 Å². The topological polar surface area (TPSA) is 58.6 Å². The van der Waals surface area contributed by atoms with Crippen molar-refractivity contribution >= 4 is 34.9 Å². The molecule has 1 fully saturated rings. The van der Waals surface area contributed by atoms with Gasteiger partial charge in [0, 0.05) is 38.0 Å². The van der Waals surface area contributed by atoms with Crippen LogP contribution in [0.25, 0.3) is 0 Å². The van der Waals surface area contributed by atoms with E-state index < -0.39 is 4.84 Å². The molecule has 3 heterocycles. The molecule has 6 nitrogen and oxygen atoms in total. The van der Waals surface area contributed by atoms with E-state index in [0.29, 0.717) is 58.1 Å². The van der Waals surface area contributed by atoms with Crippen molar-refractivity contribution in [3.63, 3.8) is 0 Å². The number of amides is 1. The number of carbonyl (C=O) groups excluding carboxylic acids is 1. The summed E-state index contributed by atoms with van der Waals surface area (Å²) < 4.78 is 19.0. The molecule has 0 bridgehead atoms. The zero-order chi connectivity index (χ0) is 20.4. The van der Waals surface area contributed by atoms with Crippen molar-refractivity contribution in [3.8, 4) is 0 Å². The van der Waals surface area contributed by atoms with E-state index in [0.717, 1.165) is 22.6 Å². The highest BCUT2D eigenvalue weighted by Crippen LogP contribution is 2.29. The highest BCUT2D eigenvalue weighted by Gasteiger charge is 2.30. The maximum Gasteiger partial charge on any atom is 0.256 e. The van der Waals surface area contributed by atoms with Crippen molar-refractivity contribution in [3.05, 3.63) is 52.7 Å². The van der Waals surface area contributed by atoms with E-state index in [1.54, 1.807) is 11.0 Å². The minimum Gasteiger partial charge on any atom is -0.378 e. The zero-order valence-electron chi connectivity index (χ0n) is 15.8. The molecule has 0 saturated carbocycles. The van der Waals surface area contributed by atoms with Gasteiger partial charge >= 0.3 is 0 Å². The molecule has 0 spiro atoms. The Kier molecular flexibility index (Phi) is 6.18. The van der Waals surface area contributed by atoms with Crippen molar-refractivity contribution < 1.29 is 13.9 Å². The molecule has 1 aromatic heterocycles. The van der Waals surface area contributed by atoms with Gasteiger partial charge in [-0.3, -0.25) is 4.79 Å². The fraction of sp³-hybridized carbons (Fsp3) is 0.450. The molecule has 4 rings (SSSR count). The largest absolute Gasteiger partial charge is 0.378 e. The lowest BCUT2D eigenvalue weighted by molar-refractivity contribution is -0.130. The van der Waals surface area contributed by atoms with E-state index in [4.69, 9.17) is 37.9 Å². The smallest absolute Gasteiger partial charge is 0.256 e. The van der Waals surface area contributed by atoms with Crippen LogP contribution in [0.15, 0.2) is 24.3 Å². The van der Waals surface area contributed by atoms with Crippen LogP contribution in [0, 0.1) is 5.82 Å². The summed E-state index contributed by atoms with van der Waals surface area (Å²) in [5.74, 6) is 0.863. The van der Waals surface area contributed by atoms with Crippen molar-refractivity contribution in [2.24, 2.45) is 0 Å². The first-order valence-corrected chi connectivity index (χ1v) is 10.4. The first kappa shape index (κ1) is 20.3. The summed E-state index contributed by atoms with van der Waals surface area (Å²) >= 11 is 11.6. The summed E-state index contributed by atoms with van der Waals surface area (Å²) in [6, 6.07) is 6.47. The van der Waals surface area contributed by atoms with E-state index in [9.17, 15) is 9.18 Å². The van der Waals surface area contributed by atoms with Crippen LogP contribution in [-0.4, -0.2) is 58.5 Å². The molecule has 1 aromatic carbocycles. The van der Waals surface area contributed by atoms with E-state index in [2.05, 4.69) is 4.90 Å². The lowest BCUT2D eigenvalue weighted by Crippen LogP contribution is -2.42. The van der Waals surface area contributed by atoms with Crippen LogP contribution in [0.4, 0.5) is 10.2 Å². The zero-order valence-corrected chi connectivity index (χ0v) is 17.3. The summed E-state index contributed by atoms with van der Waals surface area (Å²) in [6.45, 7) is 3.53. The van der Waals surface area contributed by atoms with Crippen LogP contribution in [0.2, 0.25) is 0 Å². The number of fused-ring (bicyclic) bond motifs is 1. The van der Waals surface area contributed by atoms with Crippen LogP contribution < -0.4 is 4.90 Å². The van der Waals surface area contributed by atoms with Gasteiger partial charge in [-0.15, -0.1) is 0 Å². The summed E-state index contributed by atoms with van der Waals surface area (Å²) in [5.41, 5.74) is 2.65. The Bertz CT molecular complexity index is 906. The number of anilines is 1. The number of carbonyl (C=O) groups is 1. The second-order valence-electron chi connectivity index (χ2n) is 7.11. The fourth-order valence-electron chi connectivity index (χ4n) is 3.72. The molecule has 1 amide bonds. The van der Waals surface area contributed by atoms with Crippen LogP contribution in [0.5, 0.6) is 0 Å². The molecule has 29 heavy (non-hydrogen) atoms. The molecule has 0 radical (unpaired) electrons. The van der Waals surface area contributed by atoms with Gasteiger partial charge in [-0.2, -0.15) is 0 Å². The normalized spacial score (nSPS) is 16.8. The summed E-state index contributed by atoms with van der Waals surface area (Å²) in [7, 11) is 0. The minimum atomic E-state index is -1.09. The average Bonchev–Trinajstić information content (AvgIpc) is 2.73. The number of nitrogens with zero attached hydrogens (tertiary/aromatic N) is 4. The SMILES string of the molecule is O=C(C(Cl)Cl)N1CCc2nc(Cc3cccc(F)c3)nc(N3CCOCC3)c2C1. The highest BCUT2D eigenvalue weighted by atomic mass is 35.5. The predicted octanol–water partition coefficient (Wildman–Crippen LogP) is 2.73. The third-order valence-electron chi connectivity index (χ3n) is 5.14. The Morgan fingerprint density at radius 3 is 2.72 bits per heavy atom. The molecule has 0 N–H and O–H groups in total. The lowest BCUT2D eigenvalue weighted by Gasteiger charge is -2.34. The molecular weight excluding hydrogens is 418 g/mol. The molecule has 0 aliphatic carbocycles. The first-order valence-electron chi connectivity index (χ1n) is 9.54. The Morgan fingerprint density at radius 1 is 1.21 bits per heavy atom. The lowest BCUT2D eigenvalue weighted by atomic mass is 10.0. The summed E-state index contributed by atoms with van der Waals surface area (Å²) in [5, 5.41) is 0. The van der Waals surface area contributed by atoms with Crippen molar-refractivity contribution in [2.45, 2.75) is 24.2 Å². The van der Waals surface area contributed by atoms with Crippen LogP contribution in [0.3, 0.4) is 0 Å². The Labute approximate surface area is 178 Å². The highest BCUT2D eigenvalue weighted by molar-refractivity contribution is 6.53. The van der Waals surface area contributed by atoms with E-state index in [1.165, 1.54) is 12.1 Å². The molecule has 0 atom stereocenters. The number of hydrogen-bond acceptors (Lipinski definition) is 5. The van der Waals surface area contributed by atoms with Gasteiger partial charge in [0.05, 0.1) is 25.5 Å². The summed E-state index contributed by atoms with van der Waals surface area (Å²) in [4.78, 5) is 24.5. The molecule has 0 unspecified atom stereocenters. The van der Waals surface area contributed by atoms with Gasteiger partial charge in [0.25, 0.3) is 5.91 Å². The summed E-state index contributed by atoms with van der Waals surface area (Å²) in [6.07, 6.45) is 1.04. The van der Waals surface area contributed by atoms with Crippen LogP contribution in [0.1, 0.15) is 22.6 Å². The average molecular weight is 439 g/mol. The molecule has 2 aliphatic heterocycles. The monoisotopic (exact) mass is 438 g/mol. The predicted molar refractivity (Wildman–Crippen MR) is 109 cm³/mol. The molecule has 1 saturated heterocycles. The second-order valence-corrected chi connectivity index (χ2v) is 8.20. The third kappa shape index (κ3) is 4.63. The minimum absolute atomic E-state index is 0.278. The van der Waals surface area contributed by atoms with E-state index in [-0.39, 0.29) is 11.7 Å². The maximum atomic E-state index is 13.6. The molecular formula is C20H21Cl2FN4O2. The third-order valence-corrected chi connectivity index (χ3v) is 5.52. The molecule has 2 aliphatic rings. The number of ether oxygens (including phenoxy) is 1. The number of halogens is 3. The number of benzene rings is 1. The fourth-order valence-corrected chi connectivity index (χ4v) is 3.99. The number of hydrogen-bond donors (Lipinski definition) is 0. The Morgan fingerprint density at radius 2 is 2.00 bits per heavy atom. The van der Waals surface area contributed by atoms with Crippen molar-refractivity contribution in [2.75, 3.05) is 37.7 Å². The van der Waals surface area contributed by atoms with Gasteiger partial charge in [0.15, 0.2) is 4.84 Å². The molecule has 9 heteroatoms. The van der Waals surface area contributed by atoms with Crippen molar-refractivity contribution in [1.82, 2.24) is 14.9 Å². The molecule has 2 aromatic rings. The molecule has 154 valence electrons. The van der Waals surface area contributed by atoms with Gasteiger partial charge in [-0.05, 0) is 17.7 Å². The number of morpholine rings is 1. The number of rotatable bonds is 4. The van der Waals surface area contributed by atoms with E-state index >= 15 is 0 Å². The van der Waals surface area contributed by atoms with Gasteiger partial charge in [0.1, 0.15) is 17.5 Å². The van der Waals surface area contributed by atoms with Crippen LogP contribution in [-0.2, 0) is 28.9 Å². The van der Waals surface area contributed by atoms with Gasteiger partial charge in [-0.25, -0.2) is 14.4 Å². The van der Waals surface area contributed by atoms with Crippen LogP contribution >= 0.6 is 23.2 Å². The van der Waals surface area contributed by atoms with Gasteiger partial charge in [0.2, 0.25) is 0 Å². The Hall–Kier alpha value is -1.96. The maximum absolute atomic E-state index is 13.6. The van der Waals surface area contributed by atoms with Gasteiger partial charge in [-0.1, -0.05) is 35.3 Å². The standard InChI is InChI=1S/C20H21Cl2FN4O2/c21-18(22)20(28)27-5-4-16-15(12-27)19(26-6-8-29-9-7-26)25-17(24-16)11-13-2-1-3-14(23)10-13/h1-3,10,18H,4-9,11-12H2. The second kappa shape index (κ2) is 8.81. The quantitative estimate of drug-likeness (QED) is 0.686. The number of aromatic nitrogens is 2. The first-order chi connectivity index (χ1) is 14.0. The Balaban J connectivity index is 1.68. The van der Waals surface area contributed by atoms with E-state index in [1.807, 2.05) is 6.07 Å². The number of alkyl halides is 2.